The lowest BCUT2D eigenvalue weighted by molar-refractivity contribution is -0.218. The van der Waals surface area contributed by atoms with E-state index in [0.717, 1.165) is 5.69 Å². The molecule has 2 fully saturated rings. The summed E-state index contributed by atoms with van der Waals surface area (Å²) >= 11 is 5.26. The van der Waals surface area contributed by atoms with Crippen LogP contribution in [0.15, 0.2) is 30.3 Å². The van der Waals surface area contributed by atoms with Crippen LogP contribution < -0.4 is 10.6 Å². The molecule has 0 unspecified atom stereocenters. The van der Waals surface area contributed by atoms with E-state index in [-0.39, 0.29) is 6.61 Å². The minimum atomic E-state index is -0.930. The second-order valence-electron chi connectivity index (χ2n) is 6.31. The first-order valence-corrected chi connectivity index (χ1v) is 8.23. The van der Waals surface area contributed by atoms with Gasteiger partial charge in [0.05, 0.1) is 12.6 Å². The van der Waals surface area contributed by atoms with Crippen LogP contribution in [0.2, 0.25) is 0 Å². The van der Waals surface area contributed by atoms with Crippen molar-refractivity contribution in [3.63, 3.8) is 0 Å². The van der Waals surface area contributed by atoms with Gasteiger partial charge in [0.25, 0.3) is 0 Å². The molecule has 2 aliphatic heterocycles. The Labute approximate surface area is 145 Å². The Morgan fingerprint density at radius 2 is 2.00 bits per heavy atom. The van der Waals surface area contributed by atoms with Crippen LogP contribution in [0.3, 0.4) is 0 Å². The second-order valence-corrected chi connectivity index (χ2v) is 6.72. The van der Waals surface area contributed by atoms with E-state index in [1.54, 1.807) is 13.8 Å². The Bertz CT molecular complexity index is 585. The molecule has 0 aliphatic carbocycles. The van der Waals surface area contributed by atoms with E-state index in [0.29, 0.717) is 5.11 Å². The molecule has 1 aromatic carbocycles. The zero-order valence-electron chi connectivity index (χ0n) is 13.5. The smallest absolute Gasteiger partial charge is 0.190 e. The number of aliphatic hydroxyl groups excluding tert-OH is 2. The quantitative estimate of drug-likeness (QED) is 0.584. The highest BCUT2D eigenvalue weighted by molar-refractivity contribution is 7.80. The van der Waals surface area contributed by atoms with Crippen LogP contribution in [0.1, 0.15) is 13.8 Å². The van der Waals surface area contributed by atoms with Crippen LogP contribution in [0.25, 0.3) is 0 Å². The summed E-state index contributed by atoms with van der Waals surface area (Å²) in [5.74, 6) is -0.798. The van der Waals surface area contributed by atoms with Gasteiger partial charge in [-0.05, 0) is 38.2 Å². The third-order valence-electron chi connectivity index (χ3n) is 3.99. The van der Waals surface area contributed by atoms with E-state index in [1.807, 2.05) is 30.3 Å². The maximum Gasteiger partial charge on any atom is 0.190 e. The SMILES string of the molecule is CC1(C)O[C@H]2O[C@@H]([C@H](CO)NC(=S)Nc3ccccc3)[C@H](O)[C@H]2O1. The molecule has 0 aromatic heterocycles. The molecule has 4 N–H and O–H groups in total. The summed E-state index contributed by atoms with van der Waals surface area (Å²) < 4.78 is 17.0. The number of thiocarbonyl (C=S) groups is 1. The Kier molecular flexibility index (Phi) is 5.05. The maximum atomic E-state index is 10.5. The minimum absolute atomic E-state index is 0.263. The summed E-state index contributed by atoms with van der Waals surface area (Å²) in [6, 6.07) is 8.82. The number of anilines is 1. The van der Waals surface area contributed by atoms with E-state index in [9.17, 15) is 10.2 Å². The molecule has 0 bridgehead atoms. The van der Waals surface area contributed by atoms with E-state index < -0.39 is 36.4 Å². The molecular weight excluding hydrogens is 332 g/mol. The number of benzene rings is 1. The zero-order valence-corrected chi connectivity index (χ0v) is 14.3. The van der Waals surface area contributed by atoms with Crippen LogP contribution in [-0.4, -0.2) is 58.4 Å². The number of hydrogen-bond donors (Lipinski definition) is 4. The summed E-state index contributed by atoms with van der Waals surface area (Å²) in [5, 5.41) is 26.4. The molecule has 0 radical (unpaired) electrons. The van der Waals surface area contributed by atoms with Gasteiger partial charge in [0, 0.05) is 5.69 Å². The van der Waals surface area contributed by atoms with Crippen molar-refractivity contribution in [2.24, 2.45) is 0 Å². The van der Waals surface area contributed by atoms with Gasteiger partial charge in [0.2, 0.25) is 0 Å². The van der Waals surface area contributed by atoms with E-state index in [1.165, 1.54) is 0 Å². The molecule has 5 atom stereocenters. The first-order chi connectivity index (χ1) is 11.4. The number of hydrogen-bond acceptors (Lipinski definition) is 6. The fraction of sp³-hybridized carbons (Fsp3) is 0.562. The number of rotatable bonds is 4. The summed E-state index contributed by atoms with van der Waals surface area (Å²) in [6.07, 6.45) is -2.87. The molecule has 2 heterocycles. The zero-order chi connectivity index (χ0) is 17.3. The minimum Gasteiger partial charge on any atom is -0.394 e. The molecule has 24 heavy (non-hydrogen) atoms. The number of ether oxygens (including phenoxy) is 3. The largest absolute Gasteiger partial charge is 0.394 e. The molecule has 8 heteroatoms. The third kappa shape index (κ3) is 3.69. The van der Waals surface area contributed by atoms with Crippen molar-refractivity contribution in [3.8, 4) is 0 Å². The number of fused-ring (bicyclic) bond motifs is 1. The highest BCUT2D eigenvalue weighted by Gasteiger charge is 2.56. The van der Waals surface area contributed by atoms with Gasteiger partial charge in [-0.25, -0.2) is 0 Å². The fourth-order valence-corrected chi connectivity index (χ4v) is 3.21. The first kappa shape index (κ1) is 17.5. The standard InChI is InChI=1S/C16H22N2O5S/c1-16(2)22-13-11(20)12(21-14(13)23-16)10(8-19)18-15(24)17-9-6-4-3-5-7-9/h3-7,10-14,19-20H,8H2,1-2H3,(H2,17,18,24)/t10-,11-,12-,13+,14+/m0/s1. The normalized spacial score (nSPS) is 32.2. The lowest BCUT2D eigenvalue weighted by Gasteiger charge is -2.29. The lowest BCUT2D eigenvalue weighted by Crippen LogP contribution is -2.52. The van der Waals surface area contributed by atoms with Crippen molar-refractivity contribution >= 4 is 23.0 Å². The van der Waals surface area contributed by atoms with Crippen molar-refractivity contribution < 1.29 is 24.4 Å². The molecule has 2 saturated heterocycles. The monoisotopic (exact) mass is 354 g/mol. The number of nitrogens with one attached hydrogen (secondary N) is 2. The van der Waals surface area contributed by atoms with Gasteiger partial charge in [-0.3, -0.25) is 0 Å². The molecule has 0 saturated carbocycles. The summed E-state index contributed by atoms with van der Waals surface area (Å²) in [7, 11) is 0. The van der Waals surface area contributed by atoms with Crippen molar-refractivity contribution in [1.82, 2.24) is 5.32 Å². The molecule has 132 valence electrons. The highest BCUT2D eigenvalue weighted by Crippen LogP contribution is 2.38. The van der Waals surface area contributed by atoms with Crippen LogP contribution in [0, 0.1) is 0 Å². The fourth-order valence-electron chi connectivity index (χ4n) is 2.94. The molecule has 7 nitrogen and oxygen atoms in total. The van der Waals surface area contributed by atoms with Crippen molar-refractivity contribution in [3.05, 3.63) is 30.3 Å². The first-order valence-electron chi connectivity index (χ1n) is 7.82. The molecular formula is C16H22N2O5S. The Balaban J connectivity index is 1.60. The predicted octanol–water partition coefficient (Wildman–Crippen LogP) is 0.571. The van der Waals surface area contributed by atoms with Crippen molar-refractivity contribution in [2.45, 2.75) is 50.3 Å². The van der Waals surface area contributed by atoms with Crippen LogP contribution >= 0.6 is 12.2 Å². The van der Waals surface area contributed by atoms with Gasteiger partial charge in [0.15, 0.2) is 17.2 Å². The molecule has 2 aliphatic rings. The van der Waals surface area contributed by atoms with E-state index in [4.69, 9.17) is 26.4 Å². The average molecular weight is 354 g/mol. The van der Waals surface area contributed by atoms with E-state index in [2.05, 4.69) is 10.6 Å². The summed E-state index contributed by atoms with van der Waals surface area (Å²) in [4.78, 5) is 0. The van der Waals surface area contributed by atoms with Gasteiger partial charge in [-0.15, -0.1) is 0 Å². The average Bonchev–Trinajstić information content (AvgIpc) is 2.99. The summed E-state index contributed by atoms with van der Waals surface area (Å²) in [6.45, 7) is 3.26. The second kappa shape index (κ2) is 6.91. The molecule has 1 aromatic rings. The summed E-state index contributed by atoms with van der Waals surface area (Å²) in [5.41, 5.74) is 0.824. The van der Waals surface area contributed by atoms with Crippen LogP contribution in [0.5, 0.6) is 0 Å². The van der Waals surface area contributed by atoms with Gasteiger partial charge < -0.3 is 35.1 Å². The molecule has 0 amide bonds. The van der Waals surface area contributed by atoms with Gasteiger partial charge in [-0.1, -0.05) is 18.2 Å². The Morgan fingerprint density at radius 1 is 1.29 bits per heavy atom. The third-order valence-corrected chi connectivity index (χ3v) is 4.21. The van der Waals surface area contributed by atoms with Gasteiger partial charge >= 0.3 is 0 Å². The van der Waals surface area contributed by atoms with Crippen molar-refractivity contribution in [2.75, 3.05) is 11.9 Å². The topological polar surface area (TPSA) is 92.2 Å². The van der Waals surface area contributed by atoms with Gasteiger partial charge in [0.1, 0.15) is 18.3 Å². The Morgan fingerprint density at radius 3 is 2.62 bits per heavy atom. The predicted molar refractivity (Wildman–Crippen MR) is 91.4 cm³/mol. The van der Waals surface area contributed by atoms with E-state index >= 15 is 0 Å². The van der Waals surface area contributed by atoms with Crippen molar-refractivity contribution in [1.29, 1.82) is 0 Å². The molecule has 3 rings (SSSR count). The van der Waals surface area contributed by atoms with Gasteiger partial charge in [-0.2, -0.15) is 0 Å². The maximum absolute atomic E-state index is 10.5. The van der Waals surface area contributed by atoms with Crippen LogP contribution in [0.4, 0.5) is 5.69 Å². The number of para-hydroxylation sites is 1. The lowest BCUT2D eigenvalue weighted by atomic mass is 10.0. The Hall–Kier alpha value is -1.29. The highest BCUT2D eigenvalue weighted by atomic mass is 32.1. The number of aliphatic hydroxyl groups is 2. The van der Waals surface area contributed by atoms with Crippen LogP contribution in [-0.2, 0) is 14.2 Å². The molecule has 0 spiro atoms.